The Kier molecular flexibility index (Phi) is 4.63. The molecule has 0 bridgehead atoms. The van der Waals surface area contributed by atoms with Gasteiger partial charge in [0.25, 0.3) is 0 Å². The van der Waals surface area contributed by atoms with Crippen LogP contribution in [0.5, 0.6) is 11.5 Å². The van der Waals surface area contributed by atoms with Crippen molar-refractivity contribution in [2.75, 3.05) is 0 Å². The topological polar surface area (TPSA) is 112 Å². The van der Waals surface area contributed by atoms with Crippen LogP contribution in [0.25, 0.3) is 0 Å². The predicted molar refractivity (Wildman–Crippen MR) is 85.1 cm³/mol. The van der Waals surface area contributed by atoms with Crippen LogP contribution in [0, 0.1) is 0 Å². The Bertz CT molecular complexity index is 678. The lowest BCUT2D eigenvalue weighted by atomic mass is 10.3. The highest BCUT2D eigenvalue weighted by Crippen LogP contribution is 2.25. The van der Waals surface area contributed by atoms with Crippen LogP contribution in [-0.2, 0) is 0 Å². The summed E-state index contributed by atoms with van der Waals surface area (Å²) < 4.78 is 5.65. The van der Waals surface area contributed by atoms with Gasteiger partial charge in [-0.05, 0) is 42.5 Å². The molecule has 0 fully saturated rings. The fraction of sp³-hybridized carbons (Fsp3) is 0. The van der Waals surface area contributed by atoms with Gasteiger partial charge < -0.3 is 21.9 Å². The lowest BCUT2D eigenvalue weighted by molar-refractivity contribution is 0.483. The fourth-order valence-corrected chi connectivity index (χ4v) is 1.73. The maximum absolute atomic E-state index is 5.89. The molecule has 6 nitrogen and oxygen atoms in total. The van der Waals surface area contributed by atoms with Crippen LogP contribution in [0.2, 0.25) is 5.02 Å². The summed E-state index contributed by atoms with van der Waals surface area (Å²) in [5.41, 5.74) is 16.6. The molecule has 2 aromatic rings. The van der Waals surface area contributed by atoms with Gasteiger partial charge in [0.05, 0.1) is 5.69 Å². The first-order valence-corrected chi connectivity index (χ1v) is 6.38. The van der Waals surface area contributed by atoms with E-state index in [0.717, 1.165) is 0 Å². The maximum atomic E-state index is 5.89. The van der Waals surface area contributed by atoms with E-state index in [1.54, 1.807) is 36.4 Å². The number of aliphatic imine (C=N–C) groups is 2. The van der Waals surface area contributed by atoms with Gasteiger partial charge in [0.1, 0.15) is 11.5 Å². The Morgan fingerprint density at radius 2 is 1.67 bits per heavy atom. The molecule has 108 valence electrons. The monoisotopic (exact) mass is 303 g/mol. The third-order valence-electron chi connectivity index (χ3n) is 2.36. The van der Waals surface area contributed by atoms with Crippen molar-refractivity contribution >= 4 is 29.2 Å². The first-order valence-electron chi connectivity index (χ1n) is 6.00. The molecule has 0 atom stereocenters. The molecule has 0 aliphatic carbocycles. The van der Waals surface area contributed by atoms with Crippen molar-refractivity contribution < 1.29 is 4.74 Å². The first kappa shape index (κ1) is 14.7. The molecular formula is C14H14ClN5O. The van der Waals surface area contributed by atoms with Crippen molar-refractivity contribution in [3.63, 3.8) is 0 Å². The largest absolute Gasteiger partial charge is 0.457 e. The van der Waals surface area contributed by atoms with Crippen LogP contribution >= 0.6 is 11.6 Å². The molecule has 0 aliphatic heterocycles. The van der Waals surface area contributed by atoms with Crippen LogP contribution in [-0.4, -0.2) is 11.9 Å². The zero-order valence-electron chi connectivity index (χ0n) is 11.0. The molecule has 0 saturated heterocycles. The number of nitrogens with zero attached hydrogens (tertiary/aromatic N) is 2. The minimum atomic E-state index is -0.142. The van der Waals surface area contributed by atoms with E-state index in [4.69, 9.17) is 33.5 Å². The smallest absolute Gasteiger partial charge is 0.223 e. The lowest BCUT2D eigenvalue weighted by Crippen LogP contribution is -2.26. The molecule has 2 aromatic carbocycles. The molecule has 0 amide bonds. The van der Waals surface area contributed by atoms with Gasteiger partial charge in [0, 0.05) is 5.02 Å². The first-order chi connectivity index (χ1) is 10.0. The van der Waals surface area contributed by atoms with Crippen molar-refractivity contribution in [2.24, 2.45) is 27.2 Å². The summed E-state index contributed by atoms with van der Waals surface area (Å²) in [6.07, 6.45) is 0. The number of benzene rings is 2. The third kappa shape index (κ3) is 4.70. The predicted octanol–water partition coefficient (Wildman–Crippen LogP) is 2.35. The average Bonchev–Trinajstić information content (AvgIpc) is 2.40. The van der Waals surface area contributed by atoms with E-state index >= 15 is 0 Å². The van der Waals surface area contributed by atoms with Crippen LogP contribution < -0.4 is 21.9 Å². The molecule has 0 aromatic heterocycles. The highest BCUT2D eigenvalue weighted by atomic mass is 35.5. The minimum absolute atomic E-state index is 0.0153. The maximum Gasteiger partial charge on any atom is 0.223 e. The van der Waals surface area contributed by atoms with Gasteiger partial charge >= 0.3 is 0 Å². The van der Waals surface area contributed by atoms with Gasteiger partial charge in [-0.1, -0.05) is 17.7 Å². The standard InChI is InChI=1S/C14H14ClN5O/c15-9-2-1-3-12(8-9)21-11-6-4-10(5-7-11)19-14(18)20-13(16)17/h1-8H,(H6,16,17,18,19,20). The van der Waals surface area contributed by atoms with E-state index in [0.29, 0.717) is 22.2 Å². The Morgan fingerprint density at radius 1 is 0.952 bits per heavy atom. The van der Waals surface area contributed by atoms with Gasteiger partial charge in [-0.2, -0.15) is 4.99 Å². The zero-order chi connectivity index (χ0) is 15.2. The van der Waals surface area contributed by atoms with E-state index < -0.39 is 0 Å². The van der Waals surface area contributed by atoms with E-state index in [1.807, 2.05) is 12.1 Å². The molecule has 7 heteroatoms. The summed E-state index contributed by atoms with van der Waals surface area (Å²) >= 11 is 5.89. The quantitative estimate of drug-likeness (QED) is 0.596. The molecule has 0 heterocycles. The average molecular weight is 304 g/mol. The molecule has 0 radical (unpaired) electrons. The summed E-state index contributed by atoms with van der Waals surface area (Å²) in [6, 6.07) is 14.1. The Hall–Kier alpha value is -2.73. The number of halogens is 1. The number of hydrogen-bond acceptors (Lipinski definition) is 2. The third-order valence-corrected chi connectivity index (χ3v) is 2.59. The second-order valence-corrected chi connectivity index (χ2v) is 4.50. The number of rotatable bonds is 3. The van der Waals surface area contributed by atoms with E-state index in [9.17, 15) is 0 Å². The summed E-state index contributed by atoms with van der Waals surface area (Å²) in [6.45, 7) is 0. The van der Waals surface area contributed by atoms with Crippen LogP contribution in [0.3, 0.4) is 0 Å². The number of ether oxygens (including phenoxy) is 1. The zero-order valence-corrected chi connectivity index (χ0v) is 11.8. The SMILES string of the molecule is NC(N)=NC(N)=Nc1ccc(Oc2cccc(Cl)c2)cc1. The van der Waals surface area contributed by atoms with Gasteiger partial charge in [-0.25, -0.2) is 4.99 Å². The van der Waals surface area contributed by atoms with Crippen LogP contribution in [0.4, 0.5) is 5.69 Å². The molecule has 6 N–H and O–H groups in total. The Labute approximate surface area is 126 Å². The molecule has 0 aliphatic rings. The second-order valence-electron chi connectivity index (χ2n) is 4.06. The van der Waals surface area contributed by atoms with Gasteiger partial charge in [-0.3, -0.25) is 0 Å². The normalized spacial score (nSPS) is 11.0. The van der Waals surface area contributed by atoms with E-state index in [2.05, 4.69) is 9.98 Å². The summed E-state index contributed by atoms with van der Waals surface area (Å²) in [4.78, 5) is 7.66. The van der Waals surface area contributed by atoms with Crippen molar-refractivity contribution in [1.29, 1.82) is 0 Å². The van der Waals surface area contributed by atoms with E-state index in [1.165, 1.54) is 0 Å². The summed E-state index contributed by atoms with van der Waals surface area (Å²) in [7, 11) is 0. The highest BCUT2D eigenvalue weighted by Gasteiger charge is 1.99. The molecule has 0 unspecified atom stereocenters. The Morgan fingerprint density at radius 3 is 2.29 bits per heavy atom. The van der Waals surface area contributed by atoms with Gasteiger partial charge in [0.2, 0.25) is 5.96 Å². The fourth-order valence-electron chi connectivity index (χ4n) is 1.54. The van der Waals surface area contributed by atoms with E-state index in [-0.39, 0.29) is 11.9 Å². The molecule has 0 spiro atoms. The van der Waals surface area contributed by atoms with Crippen LogP contribution in [0.1, 0.15) is 0 Å². The van der Waals surface area contributed by atoms with Gasteiger partial charge in [-0.15, -0.1) is 0 Å². The number of hydrogen-bond donors (Lipinski definition) is 3. The van der Waals surface area contributed by atoms with Crippen molar-refractivity contribution in [3.8, 4) is 11.5 Å². The molecule has 2 rings (SSSR count). The Balaban J connectivity index is 2.10. The summed E-state index contributed by atoms with van der Waals surface area (Å²) in [5, 5.41) is 0.610. The minimum Gasteiger partial charge on any atom is -0.457 e. The lowest BCUT2D eigenvalue weighted by Gasteiger charge is -2.06. The van der Waals surface area contributed by atoms with Gasteiger partial charge in [0.15, 0.2) is 5.96 Å². The molecule has 21 heavy (non-hydrogen) atoms. The molecule has 0 saturated carbocycles. The van der Waals surface area contributed by atoms with Crippen LogP contribution in [0.15, 0.2) is 58.5 Å². The second kappa shape index (κ2) is 6.62. The number of guanidine groups is 2. The number of nitrogens with two attached hydrogens (primary N) is 3. The van der Waals surface area contributed by atoms with Crippen molar-refractivity contribution in [2.45, 2.75) is 0 Å². The summed E-state index contributed by atoms with van der Waals surface area (Å²) in [5.74, 6) is 1.14. The van der Waals surface area contributed by atoms with Crippen molar-refractivity contribution in [1.82, 2.24) is 0 Å². The molecular weight excluding hydrogens is 290 g/mol. The van der Waals surface area contributed by atoms with Crippen molar-refractivity contribution in [3.05, 3.63) is 53.6 Å². The highest BCUT2D eigenvalue weighted by molar-refractivity contribution is 6.30.